The topological polar surface area (TPSA) is 23.8 Å². The number of nitriles is 1. The molecule has 74 valence electrons. The molecule has 0 bridgehead atoms. The number of nitrogens with zero attached hydrogens (tertiary/aromatic N) is 1. The zero-order valence-electron chi connectivity index (χ0n) is 7.63. The van der Waals surface area contributed by atoms with E-state index in [-0.39, 0.29) is 5.75 Å². The third kappa shape index (κ3) is 3.35. The minimum absolute atomic E-state index is 0.300. The van der Waals surface area contributed by atoms with Crippen LogP contribution >= 0.6 is 11.8 Å². The van der Waals surface area contributed by atoms with E-state index in [2.05, 4.69) is 0 Å². The second-order valence-electron chi connectivity index (χ2n) is 2.97. The quantitative estimate of drug-likeness (QED) is 0.719. The van der Waals surface area contributed by atoms with Crippen LogP contribution in [0.2, 0.25) is 0 Å². The molecule has 0 heterocycles. The molecular formula is C10H9F2NS. The average molecular weight is 213 g/mol. The first-order valence-corrected chi connectivity index (χ1v) is 5.01. The average Bonchev–Trinajstić information content (AvgIpc) is 2.14. The molecule has 14 heavy (non-hydrogen) atoms. The van der Waals surface area contributed by atoms with Gasteiger partial charge in [0, 0.05) is 11.8 Å². The third-order valence-corrected chi connectivity index (χ3v) is 2.81. The molecule has 0 aromatic heterocycles. The molecule has 0 saturated carbocycles. The summed E-state index contributed by atoms with van der Waals surface area (Å²) in [4.78, 5) is 0.608. The molecule has 1 aromatic rings. The van der Waals surface area contributed by atoms with Gasteiger partial charge in [-0.15, -0.1) is 11.8 Å². The predicted octanol–water partition coefficient (Wildman–Crippen LogP) is 3.31. The fourth-order valence-electron chi connectivity index (χ4n) is 0.889. The lowest BCUT2D eigenvalue weighted by Gasteiger charge is -2.09. The van der Waals surface area contributed by atoms with Crippen LogP contribution in [-0.4, -0.2) is 11.7 Å². The van der Waals surface area contributed by atoms with E-state index in [1.165, 1.54) is 0 Å². The lowest BCUT2D eigenvalue weighted by Crippen LogP contribution is -2.12. The summed E-state index contributed by atoms with van der Waals surface area (Å²) in [6.45, 7) is 0.870. The molecule has 1 rings (SSSR count). The van der Waals surface area contributed by atoms with Crippen molar-refractivity contribution < 1.29 is 8.78 Å². The van der Waals surface area contributed by atoms with E-state index in [0.29, 0.717) is 10.5 Å². The molecular weight excluding hydrogens is 204 g/mol. The monoisotopic (exact) mass is 213 g/mol. The Morgan fingerprint density at radius 3 is 2.64 bits per heavy atom. The van der Waals surface area contributed by atoms with Crippen molar-refractivity contribution in [3.8, 4) is 6.07 Å². The number of hydrogen-bond donors (Lipinski definition) is 0. The zero-order chi connectivity index (χ0) is 10.6. The Bertz CT molecular complexity index is 352. The van der Waals surface area contributed by atoms with Crippen molar-refractivity contribution in [2.45, 2.75) is 17.7 Å². The van der Waals surface area contributed by atoms with Gasteiger partial charge in [0.2, 0.25) is 0 Å². The highest BCUT2D eigenvalue weighted by atomic mass is 32.2. The second kappa shape index (κ2) is 4.43. The summed E-state index contributed by atoms with van der Waals surface area (Å²) in [5.74, 6) is -3.00. The number of alkyl halides is 2. The molecule has 0 spiro atoms. The van der Waals surface area contributed by atoms with Gasteiger partial charge in [0.25, 0.3) is 5.92 Å². The van der Waals surface area contributed by atoms with Crippen molar-refractivity contribution in [2.75, 3.05) is 5.75 Å². The highest BCUT2D eigenvalue weighted by Gasteiger charge is 2.21. The number of halogens is 2. The van der Waals surface area contributed by atoms with E-state index >= 15 is 0 Å². The van der Waals surface area contributed by atoms with E-state index in [1.807, 2.05) is 6.07 Å². The summed E-state index contributed by atoms with van der Waals surface area (Å²) in [6.07, 6.45) is 0. The molecule has 0 radical (unpaired) electrons. The predicted molar refractivity (Wildman–Crippen MR) is 52.5 cm³/mol. The van der Waals surface area contributed by atoms with Crippen molar-refractivity contribution in [3.05, 3.63) is 29.8 Å². The Labute approximate surface area is 85.7 Å². The fraction of sp³-hybridized carbons (Fsp3) is 0.300. The second-order valence-corrected chi connectivity index (χ2v) is 3.98. The van der Waals surface area contributed by atoms with Crippen LogP contribution in [0.3, 0.4) is 0 Å². The first kappa shape index (κ1) is 11.0. The minimum Gasteiger partial charge on any atom is -0.206 e. The number of rotatable bonds is 3. The maximum Gasteiger partial charge on any atom is 0.254 e. The first-order valence-electron chi connectivity index (χ1n) is 4.03. The Hall–Kier alpha value is -1.08. The molecule has 0 unspecified atom stereocenters. The SMILES string of the molecule is CC(F)(F)CSc1ccccc1C#N. The molecule has 4 heteroatoms. The third-order valence-electron chi connectivity index (χ3n) is 1.49. The standard InChI is InChI=1S/C10H9F2NS/c1-10(11,12)7-14-9-5-3-2-4-8(9)6-13/h2-5H,7H2,1H3. The van der Waals surface area contributed by atoms with Crippen molar-refractivity contribution in [3.63, 3.8) is 0 Å². The van der Waals surface area contributed by atoms with Crippen molar-refractivity contribution in [1.82, 2.24) is 0 Å². The molecule has 0 fully saturated rings. The number of benzene rings is 1. The Kier molecular flexibility index (Phi) is 3.48. The summed E-state index contributed by atoms with van der Waals surface area (Å²) in [5, 5.41) is 8.70. The van der Waals surface area contributed by atoms with Crippen LogP contribution in [0, 0.1) is 11.3 Å². The molecule has 1 aromatic carbocycles. The van der Waals surface area contributed by atoms with Gasteiger partial charge in [0.1, 0.15) is 6.07 Å². The maximum atomic E-state index is 12.5. The van der Waals surface area contributed by atoms with Crippen LogP contribution < -0.4 is 0 Å². The fourth-order valence-corrected chi connectivity index (χ4v) is 1.74. The van der Waals surface area contributed by atoms with Gasteiger partial charge in [-0.2, -0.15) is 5.26 Å². The van der Waals surface area contributed by atoms with Gasteiger partial charge in [-0.3, -0.25) is 0 Å². The van der Waals surface area contributed by atoms with E-state index in [9.17, 15) is 8.78 Å². The zero-order valence-corrected chi connectivity index (χ0v) is 8.44. The summed E-state index contributed by atoms with van der Waals surface area (Å²) >= 11 is 1.01. The van der Waals surface area contributed by atoms with E-state index in [1.54, 1.807) is 24.3 Å². The van der Waals surface area contributed by atoms with Gasteiger partial charge in [0.15, 0.2) is 0 Å². The summed E-state index contributed by atoms with van der Waals surface area (Å²) < 4.78 is 25.1. The van der Waals surface area contributed by atoms with Crippen molar-refractivity contribution >= 4 is 11.8 Å². The summed E-state index contributed by atoms with van der Waals surface area (Å²) in [7, 11) is 0. The maximum absolute atomic E-state index is 12.5. The van der Waals surface area contributed by atoms with Crippen molar-refractivity contribution in [1.29, 1.82) is 5.26 Å². The van der Waals surface area contributed by atoms with E-state index in [4.69, 9.17) is 5.26 Å². The van der Waals surface area contributed by atoms with Gasteiger partial charge in [-0.05, 0) is 12.1 Å². The summed E-state index contributed by atoms with van der Waals surface area (Å²) in [5.41, 5.74) is 0.446. The lowest BCUT2D eigenvalue weighted by molar-refractivity contribution is 0.0492. The van der Waals surface area contributed by atoms with Gasteiger partial charge in [-0.25, -0.2) is 8.78 Å². The highest BCUT2D eigenvalue weighted by molar-refractivity contribution is 7.99. The van der Waals surface area contributed by atoms with Crippen LogP contribution in [0.1, 0.15) is 12.5 Å². The first-order chi connectivity index (χ1) is 6.53. The molecule has 0 saturated heterocycles. The molecule has 0 aliphatic rings. The molecule has 0 aliphatic heterocycles. The highest BCUT2D eigenvalue weighted by Crippen LogP contribution is 2.27. The van der Waals surface area contributed by atoms with Crippen molar-refractivity contribution in [2.24, 2.45) is 0 Å². The smallest absolute Gasteiger partial charge is 0.206 e. The van der Waals surface area contributed by atoms with E-state index in [0.717, 1.165) is 18.7 Å². The van der Waals surface area contributed by atoms with Gasteiger partial charge in [-0.1, -0.05) is 12.1 Å². The summed E-state index contributed by atoms with van der Waals surface area (Å²) in [6, 6.07) is 8.71. The number of hydrogen-bond acceptors (Lipinski definition) is 2. The Morgan fingerprint density at radius 2 is 2.07 bits per heavy atom. The molecule has 0 amide bonds. The molecule has 0 atom stereocenters. The normalized spacial score (nSPS) is 11.0. The number of thioether (sulfide) groups is 1. The molecule has 1 nitrogen and oxygen atoms in total. The largest absolute Gasteiger partial charge is 0.254 e. The van der Waals surface area contributed by atoms with Crippen LogP contribution in [-0.2, 0) is 0 Å². The lowest BCUT2D eigenvalue weighted by atomic mass is 10.2. The Balaban J connectivity index is 2.73. The van der Waals surface area contributed by atoms with Gasteiger partial charge < -0.3 is 0 Å². The van der Waals surface area contributed by atoms with Crippen LogP contribution in [0.15, 0.2) is 29.2 Å². The Morgan fingerprint density at radius 1 is 1.43 bits per heavy atom. The van der Waals surface area contributed by atoms with Gasteiger partial charge in [0.05, 0.1) is 11.3 Å². The van der Waals surface area contributed by atoms with Gasteiger partial charge >= 0.3 is 0 Å². The van der Waals surface area contributed by atoms with E-state index < -0.39 is 5.92 Å². The van der Waals surface area contributed by atoms with Crippen LogP contribution in [0.5, 0.6) is 0 Å². The minimum atomic E-state index is -2.70. The van der Waals surface area contributed by atoms with Crippen LogP contribution in [0.4, 0.5) is 8.78 Å². The molecule has 0 N–H and O–H groups in total. The van der Waals surface area contributed by atoms with Crippen LogP contribution in [0.25, 0.3) is 0 Å². The molecule has 0 aliphatic carbocycles.